The van der Waals surface area contributed by atoms with Crippen molar-refractivity contribution in [1.29, 1.82) is 0 Å². The van der Waals surface area contributed by atoms with Gasteiger partial charge in [0.25, 0.3) is 0 Å². The number of hydrogen-bond donors (Lipinski definition) is 1. The summed E-state index contributed by atoms with van der Waals surface area (Å²) >= 11 is 12.2. The Bertz CT molecular complexity index is 664. The van der Waals surface area contributed by atoms with Crippen LogP contribution in [0.2, 0.25) is 10.0 Å². The zero-order chi connectivity index (χ0) is 14.1. The molecule has 0 saturated carbocycles. The summed E-state index contributed by atoms with van der Waals surface area (Å²) in [5, 5.41) is 4.56. The van der Waals surface area contributed by atoms with Crippen molar-refractivity contribution in [3.63, 3.8) is 0 Å². The van der Waals surface area contributed by atoms with Crippen molar-refractivity contribution in [2.75, 3.05) is 7.05 Å². The molecule has 0 amide bonds. The monoisotopic (exact) mass is 303 g/mol. The van der Waals surface area contributed by atoms with E-state index in [1.54, 1.807) is 0 Å². The summed E-state index contributed by atoms with van der Waals surface area (Å²) in [4.78, 5) is 0. The zero-order valence-corrected chi connectivity index (χ0v) is 12.6. The number of likely N-dealkylation sites (N-methyl/N-ethyl adjacent to an activating group) is 1. The van der Waals surface area contributed by atoms with Crippen LogP contribution < -0.4 is 5.32 Å². The van der Waals surface area contributed by atoms with Crippen molar-refractivity contribution < 1.29 is 0 Å². The molecule has 1 nitrogen and oxygen atoms in total. The average molecular weight is 304 g/mol. The largest absolute Gasteiger partial charge is 0.313 e. The molecule has 0 aliphatic heterocycles. The first-order valence-corrected chi connectivity index (χ1v) is 7.35. The number of benzene rings is 2. The van der Waals surface area contributed by atoms with E-state index in [9.17, 15) is 0 Å². The highest BCUT2D eigenvalue weighted by Gasteiger charge is 2.26. The molecule has 1 aliphatic rings. The lowest BCUT2D eigenvalue weighted by atomic mass is 9.79. The summed E-state index contributed by atoms with van der Waals surface area (Å²) in [7, 11) is 1.98. The van der Waals surface area contributed by atoms with Crippen molar-refractivity contribution in [3.8, 4) is 0 Å². The lowest BCUT2D eigenvalue weighted by Crippen LogP contribution is -2.32. The maximum absolute atomic E-state index is 6.18. The van der Waals surface area contributed by atoms with E-state index in [0.717, 1.165) is 0 Å². The van der Waals surface area contributed by atoms with E-state index in [0.29, 0.717) is 10.0 Å². The van der Waals surface area contributed by atoms with Crippen LogP contribution in [0.15, 0.2) is 48.5 Å². The highest BCUT2D eigenvalue weighted by atomic mass is 35.5. The number of fused-ring (bicyclic) bond motifs is 1. The van der Waals surface area contributed by atoms with E-state index in [-0.39, 0.29) is 12.0 Å². The minimum atomic E-state index is 0.246. The summed E-state index contributed by atoms with van der Waals surface area (Å²) < 4.78 is 0. The van der Waals surface area contributed by atoms with Gasteiger partial charge in [-0.2, -0.15) is 0 Å². The Hall–Kier alpha value is -1.28. The van der Waals surface area contributed by atoms with Crippen LogP contribution in [0.4, 0.5) is 0 Å². The Morgan fingerprint density at radius 1 is 1.00 bits per heavy atom. The first-order chi connectivity index (χ1) is 9.70. The molecule has 0 fully saturated rings. The van der Waals surface area contributed by atoms with Crippen LogP contribution >= 0.6 is 23.2 Å². The SMILES string of the molecule is CNC1C=Cc2ccccc2C1c1ccc(Cl)c(Cl)c1. The molecular formula is C17H15Cl2N. The highest BCUT2D eigenvalue weighted by molar-refractivity contribution is 6.42. The molecule has 0 bridgehead atoms. The van der Waals surface area contributed by atoms with Gasteiger partial charge in [-0.1, -0.05) is 65.7 Å². The Morgan fingerprint density at radius 3 is 2.55 bits per heavy atom. The van der Waals surface area contributed by atoms with Gasteiger partial charge in [0.1, 0.15) is 0 Å². The van der Waals surface area contributed by atoms with Gasteiger partial charge in [0.05, 0.1) is 10.0 Å². The third-order valence-corrected chi connectivity index (χ3v) is 4.55. The number of nitrogens with one attached hydrogen (secondary N) is 1. The highest BCUT2D eigenvalue weighted by Crippen LogP contribution is 2.37. The van der Waals surface area contributed by atoms with Crippen LogP contribution in [0.25, 0.3) is 6.08 Å². The third-order valence-electron chi connectivity index (χ3n) is 3.81. The second-order valence-electron chi connectivity index (χ2n) is 4.95. The van der Waals surface area contributed by atoms with E-state index >= 15 is 0 Å². The van der Waals surface area contributed by atoms with Crippen LogP contribution in [0.1, 0.15) is 22.6 Å². The van der Waals surface area contributed by atoms with Crippen molar-refractivity contribution in [1.82, 2.24) is 5.32 Å². The van der Waals surface area contributed by atoms with E-state index < -0.39 is 0 Å². The third kappa shape index (κ3) is 2.37. The van der Waals surface area contributed by atoms with Gasteiger partial charge in [-0.25, -0.2) is 0 Å². The Morgan fingerprint density at radius 2 is 1.80 bits per heavy atom. The Kier molecular flexibility index (Phi) is 3.84. The lowest BCUT2D eigenvalue weighted by molar-refractivity contribution is 0.591. The van der Waals surface area contributed by atoms with Gasteiger partial charge in [-0.15, -0.1) is 0 Å². The Balaban J connectivity index is 2.13. The standard InChI is InChI=1S/C17H15Cl2N/c1-20-16-9-7-11-4-2-3-5-13(11)17(16)12-6-8-14(18)15(19)10-12/h2-10,16-17,20H,1H3. The van der Waals surface area contributed by atoms with Gasteiger partial charge in [-0.3, -0.25) is 0 Å². The molecule has 0 radical (unpaired) electrons. The van der Waals surface area contributed by atoms with Gasteiger partial charge in [-0.05, 0) is 35.9 Å². The summed E-state index contributed by atoms with van der Waals surface area (Å²) in [5.74, 6) is 0.246. The fourth-order valence-corrected chi connectivity index (χ4v) is 3.12. The van der Waals surface area contributed by atoms with Crippen LogP contribution in [0.5, 0.6) is 0 Å². The first kappa shape index (κ1) is 13.7. The maximum atomic E-state index is 6.18. The van der Waals surface area contributed by atoms with Crippen LogP contribution in [0.3, 0.4) is 0 Å². The summed E-state index contributed by atoms with van der Waals surface area (Å²) in [6.07, 6.45) is 4.38. The van der Waals surface area contributed by atoms with Crippen LogP contribution in [-0.4, -0.2) is 13.1 Å². The maximum Gasteiger partial charge on any atom is 0.0595 e. The molecule has 102 valence electrons. The number of rotatable bonds is 2. The predicted molar refractivity (Wildman–Crippen MR) is 86.6 cm³/mol. The van der Waals surface area contributed by atoms with Crippen LogP contribution in [-0.2, 0) is 0 Å². The molecule has 0 aromatic heterocycles. The predicted octanol–water partition coefficient (Wildman–Crippen LogP) is 4.74. The fraction of sp³-hybridized carbons (Fsp3) is 0.176. The van der Waals surface area contributed by atoms with Gasteiger partial charge < -0.3 is 5.32 Å². The van der Waals surface area contributed by atoms with E-state index in [4.69, 9.17) is 23.2 Å². The molecule has 2 aromatic rings. The molecule has 0 saturated heterocycles. The first-order valence-electron chi connectivity index (χ1n) is 6.60. The molecule has 2 atom stereocenters. The quantitative estimate of drug-likeness (QED) is 0.845. The molecule has 20 heavy (non-hydrogen) atoms. The fourth-order valence-electron chi connectivity index (χ4n) is 2.81. The van der Waals surface area contributed by atoms with Crippen molar-refractivity contribution in [2.45, 2.75) is 12.0 Å². The number of hydrogen-bond acceptors (Lipinski definition) is 1. The molecule has 0 heterocycles. The Labute approximate surface area is 129 Å². The van der Waals surface area contributed by atoms with Crippen LogP contribution in [0, 0.1) is 0 Å². The minimum Gasteiger partial charge on any atom is -0.313 e. The van der Waals surface area contributed by atoms with Crippen molar-refractivity contribution >= 4 is 29.3 Å². The molecule has 3 rings (SSSR count). The molecule has 1 N–H and O–H groups in total. The molecule has 3 heteroatoms. The average Bonchev–Trinajstić information content (AvgIpc) is 2.49. The molecule has 0 spiro atoms. The summed E-state index contributed by atoms with van der Waals surface area (Å²) in [6, 6.07) is 14.6. The zero-order valence-electron chi connectivity index (χ0n) is 11.1. The minimum absolute atomic E-state index is 0.246. The lowest BCUT2D eigenvalue weighted by Gasteiger charge is -2.30. The molecular weight excluding hydrogens is 289 g/mol. The molecule has 2 aromatic carbocycles. The van der Waals surface area contributed by atoms with E-state index in [1.165, 1.54) is 16.7 Å². The van der Waals surface area contributed by atoms with Gasteiger partial charge in [0.15, 0.2) is 0 Å². The van der Waals surface area contributed by atoms with Crippen molar-refractivity contribution in [2.24, 2.45) is 0 Å². The van der Waals surface area contributed by atoms with Gasteiger partial charge in [0.2, 0.25) is 0 Å². The van der Waals surface area contributed by atoms with E-state index in [1.807, 2.05) is 19.2 Å². The molecule has 1 aliphatic carbocycles. The topological polar surface area (TPSA) is 12.0 Å². The molecule has 2 unspecified atom stereocenters. The second kappa shape index (κ2) is 5.61. The smallest absolute Gasteiger partial charge is 0.0595 e. The van der Waals surface area contributed by atoms with Gasteiger partial charge >= 0.3 is 0 Å². The summed E-state index contributed by atoms with van der Waals surface area (Å²) in [6.45, 7) is 0. The normalized spacial score (nSPS) is 20.8. The summed E-state index contributed by atoms with van der Waals surface area (Å²) in [5.41, 5.74) is 3.75. The van der Waals surface area contributed by atoms with E-state index in [2.05, 4.69) is 47.8 Å². The second-order valence-corrected chi connectivity index (χ2v) is 5.77. The number of halogens is 2. The van der Waals surface area contributed by atoms with Gasteiger partial charge in [0, 0.05) is 12.0 Å². The van der Waals surface area contributed by atoms with Crippen molar-refractivity contribution in [3.05, 3.63) is 75.3 Å².